The van der Waals surface area contributed by atoms with Crippen LogP contribution in [0, 0.1) is 0 Å². The average Bonchev–Trinajstić information content (AvgIpc) is 2.41. The highest BCUT2D eigenvalue weighted by Crippen LogP contribution is 2.14. The van der Waals surface area contributed by atoms with Gasteiger partial charge in [-0.2, -0.15) is 5.10 Å². The molecule has 1 aliphatic rings. The van der Waals surface area contributed by atoms with E-state index in [0.717, 1.165) is 37.2 Å². The van der Waals surface area contributed by atoms with Crippen molar-refractivity contribution in [2.75, 3.05) is 11.9 Å². The Morgan fingerprint density at radius 2 is 2.00 bits per heavy atom. The summed E-state index contributed by atoms with van der Waals surface area (Å²) in [4.78, 5) is 4.58. The molecule has 1 saturated heterocycles. The second-order valence-electron chi connectivity index (χ2n) is 4.87. The Morgan fingerprint density at radius 1 is 1.22 bits per heavy atom. The Hall–Kier alpha value is -1.23. The fourth-order valence-corrected chi connectivity index (χ4v) is 2.41. The van der Waals surface area contributed by atoms with Crippen molar-refractivity contribution in [3.8, 4) is 0 Å². The van der Waals surface area contributed by atoms with E-state index in [1.54, 1.807) is 0 Å². The van der Waals surface area contributed by atoms with Gasteiger partial charge in [0, 0.05) is 12.1 Å². The van der Waals surface area contributed by atoms with Gasteiger partial charge in [0.25, 0.3) is 0 Å². The van der Waals surface area contributed by atoms with Gasteiger partial charge in [-0.1, -0.05) is 13.8 Å². The third-order valence-corrected chi connectivity index (χ3v) is 3.59. The van der Waals surface area contributed by atoms with E-state index < -0.39 is 0 Å². The lowest BCUT2D eigenvalue weighted by atomic mass is 10.0. The van der Waals surface area contributed by atoms with Gasteiger partial charge in [0.05, 0.1) is 11.4 Å². The van der Waals surface area contributed by atoms with Gasteiger partial charge in [0.15, 0.2) is 0 Å². The fourth-order valence-electron chi connectivity index (χ4n) is 2.41. The highest BCUT2D eigenvalue weighted by molar-refractivity contribution is 5.28. The Morgan fingerprint density at radius 3 is 2.67 bits per heavy atom. The first-order chi connectivity index (χ1) is 8.74. The van der Waals surface area contributed by atoms with Gasteiger partial charge in [0.2, 0.25) is 5.95 Å². The van der Waals surface area contributed by atoms with Crippen molar-refractivity contribution in [1.82, 2.24) is 20.5 Å². The molecule has 5 heteroatoms. The third-order valence-electron chi connectivity index (χ3n) is 3.59. The van der Waals surface area contributed by atoms with Crippen LogP contribution < -0.4 is 10.6 Å². The minimum atomic E-state index is 0.401. The maximum absolute atomic E-state index is 4.58. The number of nitrogens with zero attached hydrogens (tertiary/aromatic N) is 3. The zero-order valence-electron chi connectivity index (χ0n) is 11.5. The molecule has 0 saturated carbocycles. The number of aryl methyl sites for hydroxylation is 2. The Labute approximate surface area is 109 Å². The largest absolute Gasteiger partial charge is 0.349 e. The van der Waals surface area contributed by atoms with Crippen LogP contribution >= 0.6 is 0 Å². The summed E-state index contributed by atoms with van der Waals surface area (Å²) in [6.07, 6.45) is 4.16. The average molecular weight is 249 g/mol. The number of hydrogen-bond acceptors (Lipinski definition) is 5. The van der Waals surface area contributed by atoms with E-state index in [2.05, 4.69) is 46.6 Å². The van der Waals surface area contributed by atoms with Crippen molar-refractivity contribution in [3.63, 3.8) is 0 Å². The zero-order chi connectivity index (χ0) is 13.0. The molecule has 5 nitrogen and oxygen atoms in total. The predicted octanol–water partition coefficient (Wildman–Crippen LogP) is 1.55. The molecule has 1 aromatic rings. The van der Waals surface area contributed by atoms with Crippen molar-refractivity contribution in [2.24, 2.45) is 0 Å². The van der Waals surface area contributed by atoms with Gasteiger partial charge < -0.3 is 10.6 Å². The van der Waals surface area contributed by atoms with Gasteiger partial charge in [-0.05, 0) is 39.2 Å². The van der Waals surface area contributed by atoms with Crippen molar-refractivity contribution < 1.29 is 0 Å². The van der Waals surface area contributed by atoms with Crippen LogP contribution in [0.4, 0.5) is 5.95 Å². The molecule has 0 spiro atoms. The second-order valence-corrected chi connectivity index (χ2v) is 4.87. The zero-order valence-corrected chi connectivity index (χ0v) is 11.5. The topological polar surface area (TPSA) is 62.7 Å². The van der Waals surface area contributed by atoms with Crippen LogP contribution in [0.2, 0.25) is 0 Å². The van der Waals surface area contributed by atoms with E-state index in [4.69, 9.17) is 0 Å². The number of nitrogens with one attached hydrogen (secondary N) is 2. The van der Waals surface area contributed by atoms with E-state index in [-0.39, 0.29) is 0 Å². The van der Waals surface area contributed by atoms with Gasteiger partial charge in [-0.25, -0.2) is 4.98 Å². The second kappa shape index (κ2) is 6.09. The molecule has 1 aromatic heterocycles. The van der Waals surface area contributed by atoms with Crippen LogP contribution in [-0.4, -0.2) is 33.8 Å². The predicted molar refractivity (Wildman–Crippen MR) is 72.7 cm³/mol. The molecule has 2 unspecified atom stereocenters. The fraction of sp³-hybridized carbons (Fsp3) is 0.769. The van der Waals surface area contributed by atoms with Crippen LogP contribution in [0.15, 0.2) is 0 Å². The van der Waals surface area contributed by atoms with E-state index in [9.17, 15) is 0 Å². The van der Waals surface area contributed by atoms with Gasteiger partial charge in [0.1, 0.15) is 0 Å². The highest BCUT2D eigenvalue weighted by atomic mass is 15.3. The molecule has 0 aromatic carbocycles. The Bertz CT molecular complexity index is 393. The Kier molecular flexibility index (Phi) is 4.47. The molecule has 0 radical (unpaired) electrons. The molecule has 100 valence electrons. The van der Waals surface area contributed by atoms with Crippen molar-refractivity contribution >= 4 is 5.95 Å². The number of aromatic nitrogens is 3. The van der Waals surface area contributed by atoms with Gasteiger partial charge in [-0.3, -0.25) is 0 Å². The molecule has 1 fully saturated rings. The molecular weight excluding hydrogens is 226 g/mol. The third kappa shape index (κ3) is 2.96. The summed E-state index contributed by atoms with van der Waals surface area (Å²) in [6.45, 7) is 7.50. The van der Waals surface area contributed by atoms with E-state index >= 15 is 0 Å². The molecule has 2 rings (SSSR count). The maximum atomic E-state index is 4.58. The van der Waals surface area contributed by atoms with E-state index in [0.29, 0.717) is 18.0 Å². The number of piperidine rings is 1. The standard InChI is InChI=1S/C13H23N5/c1-4-10-11(5-2)17-18-13(15-10)16-12-7-6-8-14-9(12)3/h9,12,14H,4-8H2,1-3H3,(H,15,16,18). The van der Waals surface area contributed by atoms with Crippen LogP contribution in [0.3, 0.4) is 0 Å². The van der Waals surface area contributed by atoms with Crippen LogP contribution in [0.1, 0.15) is 45.0 Å². The summed E-state index contributed by atoms with van der Waals surface area (Å²) in [7, 11) is 0. The monoisotopic (exact) mass is 249 g/mol. The van der Waals surface area contributed by atoms with Crippen LogP contribution in [0.25, 0.3) is 0 Å². The molecular formula is C13H23N5. The molecule has 2 N–H and O–H groups in total. The number of anilines is 1. The first-order valence-corrected chi connectivity index (χ1v) is 6.97. The summed E-state index contributed by atoms with van der Waals surface area (Å²) < 4.78 is 0. The summed E-state index contributed by atoms with van der Waals surface area (Å²) in [5, 5.41) is 15.3. The molecule has 2 atom stereocenters. The minimum Gasteiger partial charge on any atom is -0.349 e. The Balaban J connectivity index is 2.08. The lowest BCUT2D eigenvalue weighted by molar-refractivity contribution is 0.387. The SMILES string of the molecule is CCc1nnc(NC2CCCNC2C)nc1CC. The molecule has 0 bridgehead atoms. The minimum absolute atomic E-state index is 0.401. The van der Waals surface area contributed by atoms with Gasteiger partial charge >= 0.3 is 0 Å². The van der Waals surface area contributed by atoms with Crippen molar-refractivity contribution in [3.05, 3.63) is 11.4 Å². The van der Waals surface area contributed by atoms with Crippen LogP contribution in [-0.2, 0) is 12.8 Å². The normalized spacial score (nSPS) is 23.9. The summed E-state index contributed by atoms with van der Waals surface area (Å²) in [5.41, 5.74) is 2.07. The number of hydrogen-bond donors (Lipinski definition) is 2. The van der Waals surface area contributed by atoms with E-state index in [1.807, 2.05) is 0 Å². The maximum Gasteiger partial charge on any atom is 0.243 e. The first kappa shape index (κ1) is 13.2. The highest BCUT2D eigenvalue weighted by Gasteiger charge is 2.21. The number of rotatable bonds is 4. The van der Waals surface area contributed by atoms with Crippen molar-refractivity contribution in [1.29, 1.82) is 0 Å². The molecule has 18 heavy (non-hydrogen) atoms. The first-order valence-electron chi connectivity index (χ1n) is 6.97. The quantitative estimate of drug-likeness (QED) is 0.847. The molecule has 1 aliphatic heterocycles. The molecule has 0 aliphatic carbocycles. The summed E-state index contributed by atoms with van der Waals surface area (Å²) >= 11 is 0. The molecule has 2 heterocycles. The summed E-state index contributed by atoms with van der Waals surface area (Å²) in [5.74, 6) is 0.671. The smallest absolute Gasteiger partial charge is 0.243 e. The van der Waals surface area contributed by atoms with Gasteiger partial charge in [-0.15, -0.1) is 5.10 Å². The lowest BCUT2D eigenvalue weighted by Gasteiger charge is -2.30. The van der Waals surface area contributed by atoms with Crippen LogP contribution in [0.5, 0.6) is 0 Å². The van der Waals surface area contributed by atoms with Crippen molar-refractivity contribution in [2.45, 2.75) is 58.5 Å². The van der Waals surface area contributed by atoms with E-state index in [1.165, 1.54) is 6.42 Å². The molecule has 0 amide bonds. The summed E-state index contributed by atoms with van der Waals surface area (Å²) in [6, 6.07) is 0.857. The lowest BCUT2D eigenvalue weighted by Crippen LogP contribution is -2.46.